The van der Waals surface area contributed by atoms with Crippen LogP contribution in [0.2, 0.25) is 0 Å². The zero-order valence-electron chi connectivity index (χ0n) is 31.7. The molecule has 1 aromatic heterocycles. The van der Waals surface area contributed by atoms with Gasteiger partial charge >= 0.3 is 0 Å². The monoisotopic (exact) mass is 694 g/mol. The van der Waals surface area contributed by atoms with E-state index < -0.39 is 0 Å². The van der Waals surface area contributed by atoms with Crippen LogP contribution in [0.15, 0.2) is 103 Å². The average molecular weight is 695 g/mol. The number of aromatic nitrogens is 3. The Morgan fingerprint density at radius 1 is 0.434 bits per heavy atom. The van der Waals surface area contributed by atoms with Crippen LogP contribution in [0.1, 0.15) is 55.6 Å². The molecule has 0 N–H and O–H groups in total. The first-order chi connectivity index (χ1) is 25.5. The predicted molar refractivity (Wildman–Crippen MR) is 217 cm³/mol. The zero-order chi connectivity index (χ0) is 37.1. The topological polar surface area (TPSA) is 41.9 Å². The van der Waals surface area contributed by atoms with Gasteiger partial charge in [0.25, 0.3) is 0 Å². The summed E-state index contributed by atoms with van der Waals surface area (Å²) in [5.74, 6) is 1.31. The largest absolute Gasteiger partial charge is 0.309 e. The maximum Gasteiger partial charge on any atom is 0.164 e. The van der Waals surface area contributed by atoms with Gasteiger partial charge in [-0.25, -0.2) is 19.3 Å². The number of nitrogens with zero attached hydrogens (tertiary/aromatic N) is 4. The van der Waals surface area contributed by atoms with Crippen molar-refractivity contribution < 1.29 is 4.39 Å². The van der Waals surface area contributed by atoms with Crippen molar-refractivity contribution in [2.24, 2.45) is 0 Å². The normalized spacial score (nSPS) is 12.1. The zero-order valence-corrected chi connectivity index (χ0v) is 31.7. The smallest absolute Gasteiger partial charge is 0.164 e. The summed E-state index contributed by atoms with van der Waals surface area (Å²) >= 11 is 0. The van der Waals surface area contributed by atoms with E-state index in [4.69, 9.17) is 15.0 Å². The first-order valence-electron chi connectivity index (χ1n) is 18.3. The van der Waals surface area contributed by atoms with E-state index in [1.807, 2.05) is 78.9 Å². The molecule has 6 aromatic carbocycles. The predicted octanol–water partition coefficient (Wildman–Crippen LogP) is 12.5. The molecule has 0 amide bonds. The number of hydrogen-bond donors (Lipinski definition) is 0. The molecule has 0 bridgehead atoms. The van der Waals surface area contributed by atoms with Crippen LogP contribution in [-0.2, 0) is 6.42 Å². The number of halogens is 1. The van der Waals surface area contributed by atoms with Gasteiger partial charge in [0.05, 0.1) is 17.1 Å². The molecule has 2 heterocycles. The molecule has 262 valence electrons. The van der Waals surface area contributed by atoms with Crippen LogP contribution in [-0.4, -0.2) is 15.0 Å². The van der Waals surface area contributed by atoms with E-state index in [2.05, 4.69) is 72.4 Å². The fraction of sp³-hybridized carbons (Fsp3) is 0.188. The summed E-state index contributed by atoms with van der Waals surface area (Å²) in [5, 5.41) is 0. The van der Waals surface area contributed by atoms with Crippen LogP contribution in [0, 0.1) is 61.2 Å². The third-order valence-corrected chi connectivity index (χ3v) is 11.7. The number of fused-ring (bicyclic) bond motifs is 2. The molecule has 0 unspecified atom stereocenters. The maximum absolute atomic E-state index is 16.4. The van der Waals surface area contributed by atoms with Gasteiger partial charge in [-0.1, -0.05) is 78.9 Å². The number of benzene rings is 6. The lowest BCUT2D eigenvalue weighted by molar-refractivity contribution is 0.631. The lowest BCUT2D eigenvalue weighted by Gasteiger charge is -2.40. The van der Waals surface area contributed by atoms with E-state index in [1.54, 1.807) is 12.1 Å². The van der Waals surface area contributed by atoms with Crippen LogP contribution in [0.5, 0.6) is 0 Å². The Morgan fingerprint density at radius 2 is 0.868 bits per heavy atom. The second-order valence-electron chi connectivity index (χ2n) is 14.4. The van der Waals surface area contributed by atoms with Crippen LogP contribution in [0.3, 0.4) is 0 Å². The number of para-hydroxylation sites is 1. The van der Waals surface area contributed by atoms with Gasteiger partial charge in [-0.2, -0.15) is 0 Å². The summed E-state index contributed by atoms with van der Waals surface area (Å²) in [6.07, 6.45) is 0.863. The summed E-state index contributed by atoms with van der Waals surface area (Å²) in [5.41, 5.74) is 20.2. The van der Waals surface area contributed by atoms with Crippen molar-refractivity contribution in [3.63, 3.8) is 0 Å². The van der Waals surface area contributed by atoms with Crippen molar-refractivity contribution in [1.82, 2.24) is 15.0 Å². The lowest BCUT2D eigenvalue weighted by Crippen LogP contribution is -2.25. The third kappa shape index (κ3) is 5.63. The minimum Gasteiger partial charge on any atom is -0.309 e. The molecule has 0 fully saturated rings. The molecule has 0 atom stereocenters. The summed E-state index contributed by atoms with van der Waals surface area (Å²) in [6, 6.07) is 33.3. The Hall–Kier alpha value is -5.94. The van der Waals surface area contributed by atoms with Crippen LogP contribution < -0.4 is 4.90 Å². The van der Waals surface area contributed by atoms with E-state index in [0.717, 1.165) is 28.8 Å². The molecule has 7 aromatic rings. The summed E-state index contributed by atoms with van der Waals surface area (Å²) < 4.78 is 16.4. The van der Waals surface area contributed by atoms with Gasteiger partial charge in [0, 0.05) is 34.2 Å². The van der Waals surface area contributed by atoms with Crippen LogP contribution >= 0.6 is 0 Å². The molecule has 0 spiro atoms. The first kappa shape index (κ1) is 34.2. The molecule has 4 nitrogen and oxygen atoms in total. The molecule has 0 saturated carbocycles. The SMILES string of the molecule is Cc1c(C)c(C)c2c(c1C)Cc1c(C)c(C)c(C)c(C)c1N2c1ccccc1-c1cc(-c2nc(-c3ccccc3)nc(-c3ccccc3)n2)ccc1F. The maximum atomic E-state index is 16.4. The minimum absolute atomic E-state index is 0.305. The van der Waals surface area contributed by atoms with Gasteiger partial charge in [-0.3, -0.25) is 0 Å². The number of rotatable bonds is 5. The van der Waals surface area contributed by atoms with Crippen molar-refractivity contribution in [3.8, 4) is 45.3 Å². The lowest BCUT2D eigenvalue weighted by atomic mass is 9.80. The molecule has 1 aliphatic heterocycles. The van der Waals surface area contributed by atoms with Gasteiger partial charge in [0.15, 0.2) is 17.5 Å². The third-order valence-electron chi connectivity index (χ3n) is 11.7. The molecule has 0 aliphatic carbocycles. The second-order valence-corrected chi connectivity index (χ2v) is 14.4. The van der Waals surface area contributed by atoms with E-state index >= 15 is 4.39 Å². The van der Waals surface area contributed by atoms with Crippen molar-refractivity contribution >= 4 is 17.1 Å². The quantitative estimate of drug-likeness (QED) is 0.180. The Bertz CT molecular complexity index is 2450. The average Bonchev–Trinajstić information content (AvgIpc) is 3.20. The summed E-state index contributed by atoms with van der Waals surface area (Å²) in [6.45, 7) is 17.9. The highest BCUT2D eigenvalue weighted by atomic mass is 19.1. The van der Waals surface area contributed by atoms with E-state index in [1.165, 1.54) is 67.0 Å². The van der Waals surface area contributed by atoms with Crippen LogP contribution in [0.4, 0.5) is 21.5 Å². The molecule has 0 radical (unpaired) electrons. The van der Waals surface area contributed by atoms with Crippen molar-refractivity contribution in [2.45, 2.75) is 61.8 Å². The van der Waals surface area contributed by atoms with Crippen molar-refractivity contribution in [1.29, 1.82) is 0 Å². The van der Waals surface area contributed by atoms with Crippen molar-refractivity contribution in [3.05, 3.63) is 165 Å². The van der Waals surface area contributed by atoms with Gasteiger partial charge in [0.2, 0.25) is 0 Å². The summed E-state index contributed by atoms with van der Waals surface area (Å²) in [4.78, 5) is 17.2. The number of hydrogen-bond acceptors (Lipinski definition) is 4. The Balaban J connectivity index is 1.37. The fourth-order valence-corrected chi connectivity index (χ4v) is 8.01. The molecular weight excluding hydrogens is 652 g/mol. The van der Waals surface area contributed by atoms with E-state index in [-0.39, 0.29) is 5.82 Å². The Labute approximate surface area is 312 Å². The Morgan fingerprint density at radius 3 is 1.38 bits per heavy atom. The summed E-state index contributed by atoms with van der Waals surface area (Å²) in [7, 11) is 0. The van der Waals surface area contributed by atoms with Gasteiger partial charge in [0.1, 0.15) is 5.82 Å². The highest BCUT2D eigenvalue weighted by Crippen LogP contribution is 2.53. The number of anilines is 3. The van der Waals surface area contributed by atoms with E-state index in [9.17, 15) is 0 Å². The van der Waals surface area contributed by atoms with Crippen LogP contribution in [0.25, 0.3) is 45.3 Å². The molecule has 53 heavy (non-hydrogen) atoms. The van der Waals surface area contributed by atoms with Crippen molar-refractivity contribution in [2.75, 3.05) is 4.90 Å². The first-order valence-corrected chi connectivity index (χ1v) is 18.3. The fourth-order valence-electron chi connectivity index (χ4n) is 8.01. The highest BCUT2D eigenvalue weighted by molar-refractivity contribution is 5.95. The molecule has 1 aliphatic rings. The highest BCUT2D eigenvalue weighted by Gasteiger charge is 2.33. The Kier molecular flexibility index (Phi) is 8.53. The molecular formula is C48H43FN4. The van der Waals surface area contributed by atoms with Gasteiger partial charge in [-0.15, -0.1) is 0 Å². The standard InChI is InChI=1S/C48H43FN4/c1-27-29(3)33(7)44-39(31(27)5)26-40-32(6)28(2)30(4)34(8)45(40)53(44)43-22-16-15-21-38(43)41-25-37(23-24-42(41)49)48-51-46(35-17-11-9-12-18-35)50-47(52-48)36-19-13-10-14-20-36/h9-25H,26H2,1-8H3. The molecule has 8 rings (SSSR count). The molecule has 0 saturated heterocycles. The van der Waals surface area contributed by atoms with Gasteiger partial charge in [-0.05, 0) is 135 Å². The minimum atomic E-state index is -0.305. The van der Waals surface area contributed by atoms with E-state index in [0.29, 0.717) is 28.6 Å². The molecule has 5 heteroatoms. The second kappa shape index (κ2) is 13.2. The van der Waals surface area contributed by atoms with Gasteiger partial charge < -0.3 is 4.90 Å².